The van der Waals surface area contributed by atoms with Gasteiger partial charge in [-0.1, -0.05) is 5.16 Å². The van der Waals surface area contributed by atoms with E-state index in [1.807, 2.05) is 0 Å². The predicted octanol–water partition coefficient (Wildman–Crippen LogP) is 1.70. The molecular formula is C15H28N4O. The minimum Gasteiger partial charge on any atom is -0.360 e. The van der Waals surface area contributed by atoms with E-state index in [1.54, 1.807) is 0 Å². The predicted molar refractivity (Wildman–Crippen MR) is 80.5 cm³/mol. The van der Waals surface area contributed by atoms with Gasteiger partial charge in [-0.15, -0.1) is 0 Å². The van der Waals surface area contributed by atoms with Crippen molar-refractivity contribution in [2.75, 3.05) is 26.7 Å². The van der Waals surface area contributed by atoms with E-state index in [-0.39, 0.29) is 5.54 Å². The summed E-state index contributed by atoms with van der Waals surface area (Å²) in [5.41, 5.74) is 1.09. The fourth-order valence-corrected chi connectivity index (χ4v) is 2.48. The molecule has 1 aromatic rings. The minimum absolute atomic E-state index is 0.102. The number of nitrogens with zero attached hydrogens (tertiary/aromatic N) is 3. The Morgan fingerprint density at radius 1 is 1.40 bits per heavy atom. The highest BCUT2D eigenvalue weighted by atomic mass is 16.5. The molecule has 0 aromatic carbocycles. The van der Waals surface area contributed by atoms with Crippen molar-refractivity contribution in [3.05, 3.63) is 17.5 Å². The lowest BCUT2D eigenvalue weighted by molar-refractivity contribution is 0.0853. The van der Waals surface area contributed by atoms with E-state index in [9.17, 15) is 0 Å². The fraction of sp³-hybridized carbons (Fsp3) is 0.800. The maximum atomic E-state index is 5.46. The smallest absolute Gasteiger partial charge is 0.151 e. The number of rotatable bonds is 4. The molecule has 1 saturated heterocycles. The van der Waals surface area contributed by atoms with Gasteiger partial charge < -0.3 is 14.7 Å². The Balaban J connectivity index is 1.86. The third kappa shape index (κ3) is 4.58. The summed E-state index contributed by atoms with van der Waals surface area (Å²) in [6, 6.07) is 2.64. The van der Waals surface area contributed by atoms with Crippen LogP contribution in [-0.4, -0.2) is 53.2 Å². The van der Waals surface area contributed by atoms with Crippen molar-refractivity contribution >= 4 is 0 Å². The van der Waals surface area contributed by atoms with Crippen LogP contribution in [-0.2, 0) is 13.1 Å². The normalized spacial score (nSPS) is 22.4. The van der Waals surface area contributed by atoms with Gasteiger partial charge in [0.2, 0.25) is 0 Å². The second kappa shape index (κ2) is 6.24. The number of aromatic nitrogens is 1. The lowest BCUT2D eigenvalue weighted by Crippen LogP contribution is -2.49. The Bertz CT molecular complexity index is 424. The molecular weight excluding hydrogens is 252 g/mol. The molecule has 1 N–H and O–H groups in total. The van der Waals surface area contributed by atoms with Gasteiger partial charge in [0.25, 0.3) is 0 Å². The zero-order valence-corrected chi connectivity index (χ0v) is 13.4. The van der Waals surface area contributed by atoms with Gasteiger partial charge in [0.05, 0.1) is 12.2 Å². The molecule has 5 nitrogen and oxygen atoms in total. The second-order valence-corrected chi connectivity index (χ2v) is 6.97. The van der Waals surface area contributed by atoms with Crippen LogP contribution in [0.4, 0.5) is 0 Å². The van der Waals surface area contributed by atoms with Crippen molar-refractivity contribution in [2.45, 2.75) is 52.4 Å². The van der Waals surface area contributed by atoms with Crippen LogP contribution in [0.2, 0.25) is 0 Å². The van der Waals surface area contributed by atoms with E-state index in [2.05, 4.69) is 61.1 Å². The Labute approximate surface area is 122 Å². The van der Waals surface area contributed by atoms with Gasteiger partial charge in [-0.3, -0.25) is 4.90 Å². The van der Waals surface area contributed by atoms with Crippen LogP contribution < -0.4 is 5.32 Å². The molecule has 0 radical (unpaired) electrons. The number of nitrogens with one attached hydrogen (secondary N) is 1. The van der Waals surface area contributed by atoms with Crippen LogP contribution in [0.25, 0.3) is 0 Å². The highest BCUT2D eigenvalue weighted by Gasteiger charge is 2.22. The molecule has 0 saturated carbocycles. The molecule has 1 atom stereocenters. The maximum Gasteiger partial charge on any atom is 0.151 e. The Morgan fingerprint density at radius 2 is 2.15 bits per heavy atom. The van der Waals surface area contributed by atoms with E-state index >= 15 is 0 Å². The van der Waals surface area contributed by atoms with Gasteiger partial charge in [0, 0.05) is 43.8 Å². The summed E-state index contributed by atoms with van der Waals surface area (Å²) in [5, 5.41) is 7.58. The molecule has 1 fully saturated rings. The first-order valence-electron chi connectivity index (χ1n) is 7.45. The lowest BCUT2D eigenvalue weighted by Gasteiger charge is -2.37. The van der Waals surface area contributed by atoms with E-state index in [1.165, 1.54) is 0 Å². The zero-order valence-electron chi connectivity index (χ0n) is 13.4. The monoisotopic (exact) mass is 280 g/mol. The first kappa shape index (κ1) is 15.5. The van der Waals surface area contributed by atoms with Crippen molar-refractivity contribution < 1.29 is 4.52 Å². The average Bonchev–Trinajstić information content (AvgIpc) is 2.77. The molecule has 1 unspecified atom stereocenters. The number of likely N-dealkylation sites (N-methyl/N-ethyl adjacent to an activating group) is 1. The Hall–Kier alpha value is -0.910. The molecule has 0 amide bonds. The van der Waals surface area contributed by atoms with Crippen molar-refractivity contribution in [1.29, 1.82) is 0 Å². The van der Waals surface area contributed by atoms with Crippen molar-refractivity contribution in [2.24, 2.45) is 0 Å². The van der Waals surface area contributed by atoms with Crippen molar-refractivity contribution in [3.8, 4) is 0 Å². The summed E-state index contributed by atoms with van der Waals surface area (Å²) in [5.74, 6) is 0.965. The summed E-state index contributed by atoms with van der Waals surface area (Å²) in [6.07, 6.45) is 0. The molecule has 20 heavy (non-hydrogen) atoms. The van der Waals surface area contributed by atoms with Gasteiger partial charge in [0.15, 0.2) is 5.76 Å². The Morgan fingerprint density at radius 3 is 2.80 bits per heavy atom. The summed E-state index contributed by atoms with van der Waals surface area (Å²) in [7, 11) is 2.18. The van der Waals surface area contributed by atoms with Gasteiger partial charge in [-0.25, -0.2) is 0 Å². The summed E-state index contributed by atoms with van der Waals surface area (Å²) >= 11 is 0. The van der Waals surface area contributed by atoms with Crippen molar-refractivity contribution in [1.82, 2.24) is 20.3 Å². The lowest BCUT2D eigenvalue weighted by atomic mass is 10.1. The Kier molecular flexibility index (Phi) is 4.83. The number of hydrogen-bond donors (Lipinski definition) is 1. The molecule has 114 valence electrons. The molecule has 0 aliphatic carbocycles. The minimum atomic E-state index is 0.102. The average molecular weight is 280 g/mol. The molecule has 1 aliphatic rings. The molecule has 1 aliphatic heterocycles. The van der Waals surface area contributed by atoms with Crippen LogP contribution in [0, 0.1) is 0 Å². The summed E-state index contributed by atoms with van der Waals surface area (Å²) in [4.78, 5) is 4.84. The highest BCUT2D eigenvalue weighted by molar-refractivity contribution is 5.06. The molecule has 0 bridgehead atoms. The maximum absolute atomic E-state index is 5.46. The van der Waals surface area contributed by atoms with Gasteiger partial charge >= 0.3 is 0 Å². The molecule has 1 aromatic heterocycles. The third-order valence-electron chi connectivity index (χ3n) is 3.73. The van der Waals surface area contributed by atoms with Gasteiger partial charge in [-0.2, -0.15) is 0 Å². The molecule has 2 rings (SSSR count). The number of piperazine rings is 1. The van der Waals surface area contributed by atoms with Crippen LogP contribution in [0.3, 0.4) is 0 Å². The largest absolute Gasteiger partial charge is 0.360 e. The standard InChI is InChI=1S/C15H28N4O/c1-12-10-18(5)6-7-19(12)11-14-8-13(17-20-14)9-16-15(2,3)4/h8,12,16H,6-7,9-11H2,1-5H3. The van der Waals surface area contributed by atoms with E-state index < -0.39 is 0 Å². The quantitative estimate of drug-likeness (QED) is 0.909. The molecule has 2 heterocycles. The topological polar surface area (TPSA) is 44.5 Å². The molecule has 0 spiro atoms. The van der Waals surface area contributed by atoms with Crippen LogP contribution in [0.5, 0.6) is 0 Å². The van der Waals surface area contributed by atoms with Crippen LogP contribution in [0.1, 0.15) is 39.1 Å². The summed E-state index contributed by atoms with van der Waals surface area (Å²) in [6.45, 7) is 13.7. The van der Waals surface area contributed by atoms with Crippen LogP contribution >= 0.6 is 0 Å². The third-order valence-corrected chi connectivity index (χ3v) is 3.73. The van der Waals surface area contributed by atoms with Crippen molar-refractivity contribution in [3.63, 3.8) is 0 Å². The first-order chi connectivity index (χ1) is 9.33. The van der Waals surface area contributed by atoms with E-state index in [4.69, 9.17) is 4.52 Å². The zero-order chi connectivity index (χ0) is 14.8. The molecule has 5 heteroatoms. The highest BCUT2D eigenvalue weighted by Crippen LogP contribution is 2.14. The van der Waals surface area contributed by atoms with E-state index in [0.717, 1.165) is 44.2 Å². The van der Waals surface area contributed by atoms with E-state index in [0.29, 0.717) is 6.04 Å². The number of hydrogen-bond acceptors (Lipinski definition) is 5. The van der Waals surface area contributed by atoms with Gasteiger partial charge in [0.1, 0.15) is 0 Å². The van der Waals surface area contributed by atoms with Gasteiger partial charge in [-0.05, 0) is 34.7 Å². The SMILES string of the molecule is CC1CN(C)CCN1Cc1cc(CNC(C)(C)C)no1. The summed E-state index contributed by atoms with van der Waals surface area (Å²) < 4.78 is 5.46. The second-order valence-electron chi connectivity index (χ2n) is 6.97. The first-order valence-corrected chi connectivity index (χ1v) is 7.45. The fourth-order valence-electron chi connectivity index (χ4n) is 2.48. The van der Waals surface area contributed by atoms with Crippen LogP contribution in [0.15, 0.2) is 10.6 Å².